The Morgan fingerprint density at radius 1 is 1.08 bits per heavy atom. The van der Waals surface area contributed by atoms with Gasteiger partial charge in [-0.1, -0.05) is 28.1 Å². The Hall–Kier alpha value is -2.14. The average molecular weight is 387 g/mol. The van der Waals surface area contributed by atoms with E-state index in [9.17, 15) is 9.59 Å². The van der Waals surface area contributed by atoms with Crippen LogP contribution in [0.25, 0.3) is 0 Å². The van der Waals surface area contributed by atoms with Gasteiger partial charge in [-0.25, -0.2) is 0 Å². The van der Waals surface area contributed by atoms with Gasteiger partial charge in [-0.05, 0) is 61.2 Å². The maximum atomic E-state index is 12.0. The number of halogens is 1. The van der Waals surface area contributed by atoms with Crippen LogP contribution in [0.5, 0.6) is 0 Å². The van der Waals surface area contributed by atoms with E-state index in [4.69, 9.17) is 0 Å². The molecule has 0 aromatic heterocycles. The fraction of sp³-hybridized carbons (Fsp3) is 0.263. The van der Waals surface area contributed by atoms with Crippen molar-refractivity contribution in [3.63, 3.8) is 0 Å². The van der Waals surface area contributed by atoms with Gasteiger partial charge >= 0.3 is 0 Å². The second-order valence-electron chi connectivity index (χ2n) is 6.00. The Morgan fingerprint density at radius 2 is 1.83 bits per heavy atom. The van der Waals surface area contributed by atoms with E-state index in [1.807, 2.05) is 24.3 Å². The molecular weight excluding hydrogens is 368 g/mol. The minimum Gasteiger partial charge on any atom is -0.349 e. The molecule has 1 aliphatic carbocycles. The molecule has 0 unspecified atom stereocenters. The molecule has 2 aromatic rings. The minimum atomic E-state index is -0.0509. The Morgan fingerprint density at radius 3 is 2.50 bits per heavy atom. The zero-order valence-corrected chi connectivity index (χ0v) is 14.8. The summed E-state index contributed by atoms with van der Waals surface area (Å²) in [6, 6.07) is 15.3. The van der Waals surface area contributed by atoms with Gasteiger partial charge in [0.05, 0.1) is 0 Å². The molecule has 124 valence electrons. The Balaban J connectivity index is 1.49. The number of hydrogen-bond donors (Lipinski definition) is 2. The van der Waals surface area contributed by atoms with Gasteiger partial charge < -0.3 is 10.6 Å². The summed E-state index contributed by atoms with van der Waals surface area (Å²) in [5.41, 5.74) is 2.44. The molecule has 3 rings (SSSR count). The lowest BCUT2D eigenvalue weighted by atomic mass is 10.1. The number of nitrogens with one attached hydrogen (secondary N) is 2. The molecule has 0 atom stereocenters. The van der Waals surface area contributed by atoms with Crippen molar-refractivity contribution in [3.05, 3.63) is 64.1 Å². The molecule has 0 spiro atoms. The number of aryl methyl sites for hydroxylation is 1. The number of benzene rings is 2. The lowest BCUT2D eigenvalue weighted by Crippen LogP contribution is -2.25. The Bertz CT molecular complexity index is 739. The quantitative estimate of drug-likeness (QED) is 0.790. The third kappa shape index (κ3) is 4.93. The van der Waals surface area contributed by atoms with Crippen LogP contribution in [-0.2, 0) is 11.2 Å². The Labute approximate surface area is 149 Å². The summed E-state index contributed by atoms with van der Waals surface area (Å²) in [4.78, 5) is 24.0. The number of carbonyl (C=O) groups excluding carboxylic acids is 2. The molecule has 0 bridgehead atoms. The van der Waals surface area contributed by atoms with Crippen molar-refractivity contribution in [1.82, 2.24) is 5.32 Å². The maximum absolute atomic E-state index is 12.0. The number of anilines is 1. The number of amides is 2. The molecule has 2 amide bonds. The molecular formula is C19H19BrN2O2. The number of rotatable bonds is 6. The van der Waals surface area contributed by atoms with Gasteiger partial charge in [-0.15, -0.1) is 0 Å². The van der Waals surface area contributed by atoms with Crippen LogP contribution in [0.15, 0.2) is 53.0 Å². The van der Waals surface area contributed by atoms with Crippen LogP contribution in [0.2, 0.25) is 0 Å². The number of carbonyl (C=O) groups is 2. The second-order valence-corrected chi connectivity index (χ2v) is 6.92. The summed E-state index contributed by atoms with van der Waals surface area (Å²) >= 11 is 3.43. The fourth-order valence-electron chi connectivity index (χ4n) is 2.38. The SMILES string of the molecule is O=C(CCc1cccc(Br)c1)Nc1ccc(C(=O)NC2CC2)cc1. The lowest BCUT2D eigenvalue weighted by Gasteiger charge is -2.07. The molecule has 0 heterocycles. The van der Waals surface area contributed by atoms with Gasteiger partial charge in [0.15, 0.2) is 0 Å². The summed E-state index contributed by atoms with van der Waals surface area (Å²) in [6.07, 6.45) is 3.24. The molecule has 5 heteroatoms. The highest BCUT2D eigenvalue weighted by Crippen LogP contribution is 2.20. The summed E-state index contributed by atoms with van der Waals surface area (Å²) in [7, 11) is 0. The third-order valence-corrected chi connectivity index (χ3v) is 4.37. The average Bonchev–Trinajstić information content (AvgIpc) is 3.38. The standard InChI is InChI=1S/C19H19BrN2O2/c20-15-3-1-2-13(12-15)4-11-18(23)21-16-7-5-14(6-8-16)19(24)22-17-9-10-17/h1-3,5-8,12,17H,4,9-11H2,(H,21,23)(H,22,24). The fourth-order valence-corrected chi connectivity index (χ4v) is 2.82. The molecule has 0 aliphatic heterocycles. The smallest absolute Gasteiger partial charge is 0.251 e. The van der Waals surface area contributed by atoms with Crippen LogP contribution < -0.4 is 10.6 Å². The van der Waals surface area contributed by atoms with Gasteiger partial charge in [0.25, 0.3) is 5.91 Å². The van der Waals surface area contributed by atoms with Crippen LogP contribution >= 0.6 is 15.9 Å². The summed E-state index contributed by atoms with van der Waals surface area (Å²) in [6.45, 7) is 0. The largest absolute Gasteiger partial charge is 0.349 e. The normalized spacial score (nSPS) is 13.4. The summed E-state index contributed by atoms with van der Waals surface area (Å²) < 4.78 is 1.01. The van der Waals surface area contributed by atoms with E-state index in [1.165, 1.54) is 0 Å². The van der Waals surface area contributed by atoms with Gasteiger partial charge in [0, 0.05) is 28.2 Å². The summed E-state index contributed by atoms with van der Waals surface area (Å²) in [5, 5.41) is 5.81. The highest BCUT2D eigenvalue weighted by atomic mass is 79.9. The summed E-state index contributed by atoms with van der Waals surface area (Å²) in [5.74, 6) is -0.0878. The highest BCUT2D eigenvalue weighted by Gasteiger charge is 2.23. The van der Waals surface area contributed by atoms with E-state index >= 15 is 0 Å². The van der Waals surface area contributed by atoms with Crippen LogP contribution in [0, 0.1) is 0 Å². The van der Waals surface area contributed by atoms with Crippen LogP contribution in [0.4, 0.5) is 5.69 Å². The first-order chi connectivity index (χ1) is 11.6. The molecule has 0 saturated heterocycles. The number of hydrogen-bond acceptors (Lipinski definition) is 2. The molecule has 24 heavy (non-hydrogen) atoms. The van der Waals surface area contributed by atoms with Crippen molar-refractivity contribution >= 4 is 33.4 Å². The van der Waals surface area contributed by atoms with Crippen LogP contribution in [0.1, 0.15) is 35.2 Å². The minimum absolute atomic E-state index is 0.0369. The van der Waals surface area contributed by atoms with Crippen molar-refractivity contribution in [3.8, 4) is 0 Å². The maximum Gasteiger partial charge on any atom is 0.251 e. The predicted octanol–water partition coefficient (Wildman–Crippen LogP) is 3.91. The third-order valence-electron chi connectivity index (χ3n) is 3.87. The molecule has 4 nitrogen and oxygen atoms in total. The second kappa shape index (κ2) is 7.62. The predicted molar refractivity (Wildman–Crippen MR) is 98.0 cm³/mol. The molecule has 1 saturated carbocycles. The van der Waals surface area contributed by atoms with E-state index in [0.29, 0.717) is 30.1 Å². The highest BCUT2D eigenvalue weighted by molar-refractivity contribution is 9.10. The van der Waals surface area contributed by atoms with Crippen molar-refractivity contribution < 1.29 is 9.59 Å². The van der Waals surface area contributed by atoms with E-state index in [2.05, 4.69) is 26.6 Å². The first-order valence-electron chi connectivity index (χ1n) is 8.05. The molecule has 2 N–H and O–H groups in total. The monoisotopic (exact) mass is 386 g/mol. The first-order valence-corrected chi connectivity index (χ1v) is 8.85. The van der Waals surface area contributed by atoms with Gasteiger partial charge in [0.2, 0.25) is 5.91 Å². The van der Waals surface area contributed by atoms with E-state index < -0.39 is 0 Å². The Kier molecular flexibility index (Phi) is 5.30. The van der Waals surface area contributed by atoms with Crippen molar-refractivity contribution in [2.24, 2.45) is 0 Å². The van der Waals surface area contributed by atoms with Crippen LogP contribution in [-0.4, -0.2) is 17.9 Å². The zero-order chi connectivity index (χ0) is 16.9. The van der Waals surface area contributed by atoms with E-state index in [1.54, 1.807) is 24.3 Å². The van der Waals surface area contributed by atoms with E-state index in [-0.39, 0.29) is 11.8 Å². The molecule has 1 fully saturated rings. The van der Waals surface area contributed by atoms with Gasteiger partial charge in [-0.2, -0.15) is 0 Å². The molecule has 2 aromatic carbocycles. The van der Waals surface area contributed by atoms with Crippen molar-refractivity contribution in [2.45, 2.75) is 31.7 Å². The van der Waals surface area contributed by atoms with Crippen molar-refractivity contribution in [1.29, 1.82) is 0 Å². The molecule has 0 radical (unpaired) electrons. The first kappa shape index (κ1) is 16.7. The van der Waals surface area contributed by atoms with Crippen molar-refractivity contribution in [2.75, 3.05) is 5.32 Å². The van der Waals surface area contributed by atoms with E-state index in [0.717, 1.165) is 22.9 Å². The van der Waals surface area contributed by atoms with Crippen LogP contribution in [0.3, 0.4) is 0 Å². The zero-order valence-electron chi connectivity index (χ0n) is 13.2. The topological polar surface area (TPSA) is 58.2 Å². The lowest BCUT2D eigenvalue weighted by molar-refractivity contribution is -0.116. The van der Waals surface area contributed by atoms with Gasteiger partial charge in [0.1, 0.15) is 0 Å². The van der Waals surface area contributed by atoms with Gasteiger partial charge in [-0.3, -0.25) is 9.59 Å². The molecule has 1 aliphatic rings.